The first-order valence-corrected chi connectivity index (χ1v) is 9.24. The van der Waals surface area contributed by atoms with Crippen molar-refractivity contribution in [2.45, 2.75) is 32.1 Å². The van der Waals surface area contributed by atoms with E-state index in [1.807, 2.05) is 18.2 Å². The summed E-state index contributed by atoms with van der Waals surface area (Å²) >= 11 is 1.65. The molecule has 2 rings (SSSR count). The molecule has 0 saturated heterocycles. The average molecular weight is 315 g/mol. The van der Waals surface area contributed by atoms with Crippen LogP contribution in [0.3, 0.4) is 0 Å². The van der Waals surface area contributed by atoms with E-state index < -0.39 is 0 Å². The van der Waals surface area contributed by atoms with Gasteiger partial charge < -0.3 is 5.32 Å². The Balaban J connectivity index is 1.52. The number of hydrogen-bond donors (Lipinski definition) is 1. The van der Waals surface area contributed by atoms with Gasteiger partial charge in [-0.25, -0.2) is 0 Å². The molecule has 1 N–H and O–H groups in total. The van der Waals surface area contributed by atoms with Gasteiger partial charge in [0.2, 0.25) is 5.91 Å². The van der Waals surface area contributed by atoms with E-state index in [2.05, 4.69) is 35.7 Å². The highest BCUT2D eigenvalue weighted by molar-refractivity contribution is 8.00. The van der Waals surface area contributed by atoms with E-state index >= 15 is 0 Å². The Morgan fingerprint density at radius 2 is 2.09 bits per heavy atom. The Hall–Kier alpha value is -1.48. The number of thioether (sulfide) groups is 1. The molecule has 0 heterocycles. The van der Waals surface area contributed by atoms with E-state index in [1.165, 1.54) is 36.8 Å². The Labute approximate surface area is 138 Å². The average Bonchev–Trinajstić information content (AvgIpc) is 2.56. The smallest absolute Gasteiger partial charge is 0.230 e. The summed E-state index contributed by atoms with van der Waals surface area (Å²) in [5, 5.41) is 3.01. The van der Waals surface area contributed by atoms with Gasteiger partial charge in [0.15, 0.2) is 0 Å². The molecule has 2 nitrogen and oxygen atoms in total. The van der Waals surface area contributed by atoms with Crippen molar-refractivity contribution in [1.29, 1.82) is 0 Å². The summed E-state index contributed by atoms with van der Waals surface area (Å²) in [5.74, 6) is 1.56. The van der Waals surface area contributed by atoms with Crippen LogP contribution in [0.25, 0.3) is 6.08 Å². The number of amides is 1. The van der Waals surface area contributed by atoms with Crippen LogP contribution < -0.4 is 5.32 Å². The molecule has 0 radical (unpaired) electrons. The zero-order valence-electron chi connectivity index (χ0n) is 13.1. The number of rotatable bonds is 8. The molecule has 0 saturated carbocycles. The monoisotopic (exact) mass is 315 g/mol. The van der Waals surface area contributed by atoms with Gasteiger partial charge in [-0.2, -0.15) is 0 Å². The van der Waals surface area contributed by atoms with Crippen molar-refractivity contribution in [2.24, 2.45) is 0 Å². The van der Waals surface area contributed by atoms with Gasteiger partial charge in [-0.3, -0.25) is 4.79 Å². The number of carbonyl (C=O) groups is 1. The zero-order chi connectivity index (χ0) is 15.5. The lowest BCUT2D eigenvalue weighted by Crippen LogP contribution is -2.26. The summed E-state index contributed by atoms with van der Waals surface area (Å²) in [5.41, 5.74) is 2.72. The highest BCUT2D eigenvalue weighted by Gasteiger charge is 2.04. The lowest BCUT2D eigenvalue weighted by atomic mass is 9.97. The van der Waals surface area contributed by atoms with Crippen LogP contribution in [0.2, 0.25) is 0 Å². The first-order valence-electron chi connectivity index (χ1n) is 8.08. The summed E-state index contributed by atoms with van der Waals surface area (Å²) in [7, 11) is 0. The van der Waals surface area contributed by atoms with E-state index in [1.54, 1.807) is 11.8 Å². The minimum atomic E-state index is 0.148. The summed E-state index contributed by atoms with van der Waals surface area (Å²) in [6.45, 7) is 0.783. The van der Waals surface area contributed by atoms with Crippen LogP contribution in [0.5, 0.6) is 0 Å². The number of nitrogens with one attached hydrogen (secondary N) is 1. The zero-order valence-corrected chi connectivity index (χ0v) is 13.9. The standard InChI is InChI=1S/C19H25NOS/c21-19(20-14-13-18-10-5-2-6-11-18)16-22-15-7-12-17-8-3-1-4-9-17/h1,3-4,7-10,12H,2,5-6,11,13-16H2,(H,20,21)/b12-7+. The molecular formula is C19H25NOS. The minimum Gasteiger partial charge on any atom is -0.355 e. The van der Waals surface area contributed by atoms with Gasteiger partial charge in [0.05, 0.1) is 5.75 Å². The van der Waals surface area contributed by atoms with Crippen molar-refractivity contribution in [2.75, 3.05) is 18.1 Å². The van der Waals surface area contributed by atoms with Crippen LogP contribution in [0.4, 0.5) is 0 Å². The van der Waals surface area contributed by atoms with Crippen LogP contribution >= 0.6 is 11.8 Å². The van der Waals surface area contributed by atoms with Crippen molar-refractivity contribution in [1.82, 2.24) is 5.32 Å². The molecule has 0 spiro atoms. The van der Waals surface area contributed by atoms with Gasteiger partial charge in [-0.05, 0) is 37.7 Å². The van der Waals surface area contributed by atoms with Crippen LogP contribution in [-0.4, -0.2) is 24.0 Å². The molecule has 0 aromatic heterocycles. The summed E-state index contributed by atoms with van der Waals surface area (Å²) in [6, 6.07) is 10.2. The van der Waals surface area contributed by atoms with Gasteiger partial charge in [0, 0.05) is 12.3 Å². The Bertz CT molecular complexity index is 507. The quantitative estimate of drug-likeness (QED) is 0.567. The van der Waals surface area contributed by atoms with Crippen molar-refractivity contribution < 1.29 is 4.79 Å². The van der Waals surface area contributed by atoms with E-state index in [0.717, 1.165) is 18.7 Å². The first kappa shape index (κ1) is 16.9. The van der Waals surface area contributed by atoms with Gasteiger partial charge in [0.25, 0.3) is 0 Å². The highest BCUT2D eigenvalue weighted by Crippen LogP contribution is 2.19. The van der Waals surface area contributed by atoms with Gasteiger partial charge in [-0.15, -0.1) is 11.8 Å². The second kappa shape index (κ2) is 10.3. The van der Waals surface area contributed by atoms with Crippen molar-refractivity contribution in [3.63, 3.8) is 0 Å². The summed E-state index contributed by atoms with van der Waals surface area (Å²) in [4.78, 5) is 11.7. The van der Waals surface area contributed by atoms with Crippen LogP contribution in [0.15, 0.2) is 48.1 Å². The maximum absolute atomic E-state index is 11.7. The maximum atomic E-state index is 11.7. The van der Waals surface area contributed by atoms with Crippen molar-refractivity contribution in [3.8, 4) is 0 Å². The Kier molecular flexibility index (Phi) is 7.89. The molecule has 0 unspecified atom stereocenters. The molecule has 0 aliphatic heterocycles. The van der Waals surface area contributed by atoms with Crippen LogP contribution in [-0.2, 0) is 4.79 Å². The fourth-order valence-corrected chi connectivity index (χ4v) is 3.15. The molecule has 0 bridgehead atoms. The molecule has 1 aromatic carbocycles. The molecule has 1 aliphatic carbocycles. The van der Waals surface area contributed by atoms with E-state index in [4.69, 9.17) is 0 Å². The first-order chi connectivity index (χ1) is 10.8. The Morgan fingerprint density at radius 3 is 2.86 bits per heavy atom. The molecule has 1 amide bonds. The fourth-order valence-electron chi connectivity index (χ4n) is 2.51. The normalized spacial score (nSPS) is 14.8. The summed E-state index contributed by atoms with van der Waals surface area (Å²) < 4.78 is 0. The molecule has 0 atom stereocenters. The Morgan fingerprint density at radius 1 is 1.23 bits per heavy atom. The second-order valence-corrected chi connectivity index (χ2v) is 6.57. The minimum absolute atomic E-state index is 0.148. The van der Waals surface area contributed by atoms with Gasteiger partial charge in [0.1, 0.15) is 0 Å². The predicted octanol–water partition coefficient (Wildman–Crippen LogP) is 4.44. The van der Waals surface area contributed by atoms with Gasteiger partial charge >= 0.3 is 0 Å². The summed E-state index contributed by atoms with van der Waals surface area (Å²) in [6.07, 6.45) is 12.6. The molecule has 1 aromatic rings. The van der Waals surface area contributed by atoms with E-state index in [9.17, 15) is 4.79 Å². The van der Waals surface area contributed by atoms with E-state index in [0.29, 0.717) is 5.75 Å². The SMILES string of the molecule is O=C(CSC/C=C/c1ccccc1)NCCC1=CCCCC1. The number of allylic oxidation sites excluding steroid dienone is 1. The number of benzene rings is 1. The highest BCUT2D eigenvalue weighted by atomic mass is 32.2. The maximum Gasteiger partial charge on any atom is 0.230 e. The third-order valence-corrected chi connectivity index (χ3v) is 4.60. The fraction of sp³-hybridized carbons (Fsp3) is 0.421. The van der Waals surface area contributed by atoms with Crippen molar-refractivity contribution >= 4 is 23.7 Å². The van der Waals surface area contributed by atoms with Crippen LogP contribution in [0.1, 0.15) is 37.7 Å². The lowest BCUT2D eigenvalue weighted by Gasteiger charge is -2.12. The second-order valence-electron chi connectivity index (χ2n) is 5.54. The largest absolute Gasteiger partial charge is 0.355 e. The molecule has 3 heteroatoms. The predicted molar refractivity (Wildman–Crippen MR) is 97.0 cm³/mol. The molecular weight excluding hydrogens is 290 g/mol. The molecule has 22 heavy (non-hydrogen) atoms. The number of hydrogen-bond acceptors (Lipinski definition) is 2. The number of carbonyl (C=O) groups excluding carboxylic acids is 1. The molecule has 1 aliphatic rings. The molecule has 118 valence electrons. The topological polar surface area (TPSA) is 29.1 Å². The van der Waals surface area contributed by atoms with Crippen molar-refractivity contribution in [3.05, 3.63) is 53.6 Å². The molecule has 0 fully saturated rings. The lowest BCUT2D eigenvalue weighted by molar-refractivity contribution is -0.118. The van der Waals surface area contributed by atoms with E-state index in [-0.39, 0.29) is 5.91 Å². The van der Waals surface area contributed by atoms with Gasteiger partial charge in [-0.1, -0.05) is 54.1 Å². The third-order valence-electron chi connectivity index (χ3n) is 3.71. The third kappa shape index (κ3) is 6.99. The van der Waals surface area contributed by atoms with Crippen LogP contribution in [0, 0.1) is 0 Å².